The summed E-state index contributed by atoms with van der Waals surface area (Å²) >= 11 is 0. The maximum Gasteiger partial charge on any atom is 0.225 e. The standard InChI is InChI=1S/C15H23N3O/c1-12-6-4-7-13(2)15(12)16-14(19)8-11-18-10-5-9-17(18)3/h4,6-7H,5,8-11H2,1-3H3,(H,16,19). The average molecular weight is 261 g/mol. The molecule has 0 saturated carbocycles. The summed E-state index contributed by atoms with van der Waals surface area (Å²) in [4.78, 5) is 12.0. The zero-order valence-electron chi connectivity index (χ0n) is 12.1. The Balaban J connectivity index is 1.87. The van der Waals surface area contributed by atoms with E-state index in [1.54, 1.807) is 0 Å². The van der Waals surface area contributed by atoms with Crippen molar-refractivity contribution in [2.75, 3.05) is 32.0 Å². The molecule has 2 rings (SSSR count). The highest BCUT2D eigenvalue weighted by molar-refractivity contribution is 5.92. The SMILES string of the molecule is Cc1cccc(C)c1NC(=O)CCN1CCCN1C. The van der Waals surface area contributed by atoms with E-state index in [0.29, 0.717) is 6.42 Å². The summed E-state index contributed by atoms with van der Waals surface area (Å²) in [6.07, 6.45) is 1.73. The van der Waals surface area contributed by atoms with Crippen LogP contribution < -0.4 is 5.32 Å². The highest BCUT2D eigenvalue weighted by Gasteiger charge is 2.18. The van der Waals surface area contributed by atoms with Crippen LogP contribution in [0.4, 0.5) is 5.69 Å². The van der Waals surface area contributed by atoms with Crippen molar-refractivity contribution in [1.82, 2.24) is 10.0 Å². The third-order valence-corrected chi connectivity index (χ3v) is 3.72. The highest BCUT2D eigenvalue weighted by atomic mass is 16.1. The van der Waals surface area contributed by atoms with Crippen molar-refractivity contribution in [2.24, 2.45) is 0 Å². The van der Waals surface area contributed by atoms with Gasteiger partial charge in [0.2, 0.25) is 5.91 Å². The van der Waals surface area contributed by atoms with Gasteiger partial charge in [-0.2, -0.15) is 0 Å². The first kappa shape index (κ1) is 14.0. The van der Waals surface area contributed by atoms with E-state index in [2.05, 4.69) is 22.4 Å². The minimum Gasteiger partial charge on any atom is -0.326 e. The minimum atomic E-state index is 0.0951. The molecule has 19 heavy (non-hydrogen) atoms. The minimum absolute atomic E-state index is 0.0951. The lowest BCUT2D eigenvalue weighted by molar-refractivity contribution is -0.117. The molecule has 104 valence electrons. The lowest BCUT2D eigenvalue weighted by Gasteiger charge is -2.23. The van der Waals surface area contributed by atoms with E-state index in [1.165, 1.54) is 6.42 Å². The molecule has 4 nitrogen and oxygen atoms in total. The van der Waals surface area contributed by atoms with Gasteiger partial charge in [-0.05, 0) is 31.4 Å². The maximum absolute atomic E-state index is 12.0. The molecular formula is C15H23N3O. The fourth-order valence-corrected chi connectivity index (χ4v) is 2.52. The Morgan fingerprint density at radius 3 is 2.53 bits per heavy atom. The molecule has 0 atom stereocenters. The number of benzene rings is 1. The Bertz CT molecular complexity index is 438. The van der Waals surface area contributed by atoms with Crippen LogP contribution in [0.1, 0.15) is 24.0 Å². The summed E-state index contributed by atoms with van der Waals surface area (Å²) in [6, 6.07) is 6.06. The Kier molecular flexibility index (Phi) is 4.56. The Morgan fingerprint density at radius 1 is 1.26 bits per heavy atom. The number of anilines is 1. The molecule has 1 aromatic carbocycles. The molecule has 0 unspecified atom stereocenters. The zero-order valence-corrected chi connectivity index (χ0v) is 12.1. The third kappa shape index (κ3) is 3.55. The summed E-state index contributed by atoms with van der Waals surface area (Å²) in [6.45, 7) is 7.01. The Morgan fingerprint density at radius 2 is 1.95 bits per heavy atom. The topological polar surface area (TPSA) is 35.6 Å². The van der Waals surface area contributed by atoms with Gasteiger partial charge in [-0.15, -0.1) is 0 Å². The van der Waals surface area contributed by atoms with E-state index in [1.807, 2.05) is 32.0 Å². The van der Waals surface area contributed by atoms with Crippen molar-refractivity contribution >= 4 is 11.6 Å². The second-order valence-corrected chi connectivity index (χ2v) is 5.25. The predicted octanol–water partition coefficient (Wildman–Crippen LogP) is 2.18. The van der Waals surface area contributed by atoms with Gasteiger partial charge < -0.3 is 5.32 Å². The van der Waals surface area contributed by atoms with Crippen LogP contribution in [0.15, 0.2) is 18.2 Å². The first-order valence-electron chi connectivity index (χ1n) is 6.90. The lowest BCUT2D eigenvalue weighted by atomic mass is 10.1. The number of hydrazine groups is 1. The number of nitrogens with one attached hydrogen (secondary N) is 1. The summed E-state index contributed by atoms with van der Waals surface area (Å²) in [5.41, 5.74) is 3.19. The van der Waals surface area contributed by atoms with Crippen LogP contribution in [0.3, 0.4) is 0 Å². The molecule has 4 heteroatoms. The van der Waals surface area contributed by atoms with Gasteiger partial charge in [0.1, 0.15) is 0 Å². The number of hydrogen-bond donors (Lipinski definition) is 1. The second kappa shape index (κ2) is 6.17. The van der Waals surface area contributed by atoms with Crippen molar-refractivity contribution < 1.29 is 4.79 Å². The molecule has 1 fully saturated rings. The average Bonchev–Trinajstić information content (AvgIpc) is 2.77. The lowest BCUT2D eigenvalue weighted by Crippen LogP contribution is -2.35. The quantitative estimate of drug-likeness (QED) is 0.902. The molecule has 1 aromatic rings. The van der Waals surface area contributed by atoms with Crippen molar-refractivity contribution in [3.63, 3.8) is 0 Å². The largest absolute Gasteiger partial charge is 0.326 e. The van der Waals surface area contributed by atoms with Crippen LogP contribution in [0.5, 0.6) is 0 Å². The number of aryl methyl sites for hydroxylation is 2. The van der Waals surface area contributed by atoms with Crippen LogP contribution in [0.2, 0.25) is 0 Å². The molecule has 0 aromatic heterocycles. The molecule has 0 spiro atoms. The third-order valence-electron chi connectivity index (χ3n) is 3.72. The van der Waals surface area contributed by atoms with Crippen molar-refractivity contribution in [1.29, 1.82) is 0 Å². The molecule has 0 aliphatic carbocycles. The van der Waals surface area contributed by atoms with Crippen molar-refractivity contribution in [3.8, 4) is 0 Å². The molecule has 1 N–H and O–H groups in total. The van der Waals surface area contributed by atoms with Gasteiger partial charge in [0.25, 0.3) is 0 Å². The van der Waals surface area contributed by atoms with Gasteiger partial charge in [0.15, 0.2) is 0 Å². The van der Waals surface area contributed by atoms with Crippen LogP contribution in [-0.4, -0.2) is 42.6 Å². The van der Waals surface area contributed by atoms with Gasteiger partial charge >= 0.3 is 0 Å². The van der Waals surface area contributed by atoms with Gasteiger partial charge in [0, 0.05) is 38.8 Å². The monoisotopic (exact) mass is 261 g/mol. The molecule has 1 aliphatic rings. The first-order chi connectivity index (χ1) is 9.08. The number of rotatable bonds is 4. The van der Waals surface area contributed by atoms with Crippen LogP contribution in [0, 0.1) is 13.8 Å². The molecule has 0 radical (unpaired) electrons. The fourth-order valence-electron chi connectivity index (χ4n) is 2.52. The van der Waals surface area contributed by atoms with Gasteiger partial charge in [-0.3, -0.25) is 4.79 Å². The van der Waals surface area contributed by atoms with Crippen molar-refractivity contribution in [3.05, 3.63) is 29.3 Å². The van der Waals surface area contributed by atoms with Crippen LogP contribution in [-0.2, 0) is 4.79 Å². The summed E-state index contributed by atoms with van der Waals surface area (Å²) in [5, 5.41) is 7.47. The van der Waals surface area contributed by atoms with Gasteiger partial charge in [0.05, 0.1) is 0 Å². The van der Waals surface area contributed by atoms with Gasteiger partial charge in [-0.25, -0.2) is 10.0 Å². The molecule has 1 aliphatic heterocycles. The first-order valence-corrected chi connectivity index (χ1v) is 6.90. The molecule has 1 amide bonds. The molecular weight excluding hydrogens is 238 g/mol. The smallest absolute Gasteiger partial charge is 0.225 e. The maximum atomic E-state index is 12.0. The van der Waals surface area contributed by atoms with E-state index >= 15 is 0 Å². The number of nitrogens with zero attached hydrogens (tertiary/aromatic N) is 2. The van der Waals surface area contributed by atoms with E-state index in [0.717, 1.165) is 36.4 Å². The van der Waals surface area contributed by atoms with E-state index in [4.69, 9.17) is 0 Å². The van der Waals surface area contributed by atoms with Crippen molar-refractivity contribution in [2.45, 2.75) is 26.7 Å². The summed E-state index contributed by atoms with van der Waals surface area (Å²) in [5.74, 6) is 0.0951. The van der Waals surface area contributed by atoms with Crippen LogP contribution in [0.25, 0.3) is 0 Å². The molecule has 1 heterocycles. The summed E-state index contributed by atoms with van der Waals surface area (Å²) < 4.78 is 0. The predicted molar refractivity (Wildman–Crippen MR) is 78.0 cm³/mol. The highest BCUT2D eigenvalue weighted by Crippen LogP contribution is 2.19. The number of amides is 1. The van der Waals surface area contributed by atoms with E-state index in [-0.39, 0.29) is 5.91 Å². The molecule has 1 saturated heterocycles. The number of hydrogen-bond acceptors (Lipinski definition) is 3. The fraction of sp³-hybridized carbons (Fsp3) is 0.533. The number of carbonyl (C=O) groups excluding carboxylic acids is 1. The van der Waals surface area contributed by atoms with E-state index < -0.39 is 0 Å². The van der Waals surface area contributed by atoms with E-state index in [9.17, 15) is 4.79 Å². The zero-order chi connectivity index (χ0) is 13.8. The normalized spacial score (nSPS) is 16.8. The Hall–Kier alpha value is -1.39. The van der Waals surface area contributed by atoms with Gasteiger partial charge in [-0.1, -0.05) is 18.2 Å². The van der Waals surface area contributed by atoms with Crippen LogP contribution >= 0.6 is 0 Å². The summed E-state index contributed by atoms with van der Waals surface area (Å²) in [7, 11) is 2.08. The molecule has 0 bridgehead atoms. The Labute approximate surface area is 115 Å². The number of para-hydroxylation sites is 1. The second-order valence-electron chi connectivity index (χ2n) is 5.25. The number of carbonyl (C=O) groups is 1.